The molecule has 0 aliphatic heterocycles. The van der Waals surface area contributed by atoms with Crippen LogP contribution >= 0.6 is 0 Å². The third kappa shape index (κ3) is 5.33. The monoisotopic (exact) mass is 368 g/mol. The van der Waals surface area contributed by atoms with E-state index in [2.05, 4.69) is 5.32 Å². The summed E-state index contributed by atoms with van der Waals surface area (Å²) in [6.45, 7) is 4.29. The molecule has 2 rings (SSSR count). The maximum absolute atomic E-state index is 13.1. The molecule has 2 amide bonds. The van der Waals surface area contributed by atoms with E-state index < -0.39 is 6.04 Å². The molecule has 0 bridgehead atoms. The average molecular weight is 368 g/mol. The first-order chi connectivity index (χ1) is 13.0. The van der Waals surface area contributed by atoms with Gasteiger partial charge in [0.1, 0.15) is 11.8 Å². The second kappa shape index (κ2) is 9.76. The molecule has 0 fully saturated rings. The van der Waals surface area contributed by atoms with Gasteiger partial charge in [0.2, 0.25) is 11.8 Å². The number of methoxy groups -OCH3 is 1. The lowest BCUT2D eigenvalue weighted by atomic mass is 10.0. The minimum Gasteiger partial charge on any atom is -0.497 e. The van der Waals surface area contributed by atoms with Crippen molar-refractivity contribution in [3.05, 3.63) is 65.2 Å². The second-order valence-electron chi connectivity index (χ2n) is 6.51. The number of nitrogens with zero attached hydrogens (tertiary/aromatic N) is 1. The van der Waals surface area contributed by atoms with E-state index in [0.29, 0.717) is 13.0 Å². The molecule has 0 aliphatic carbocycles. The van der Waals surface area contributed by atoms with Crippen LogP contribution in [0.3, 0.4) is 0 Å². The Balaban J connectivity index is 2.28. The number of carbonyl (C=O) groups is 2. The van der Waals surface area contributed by atoms with Crippen LogP contribution in [0.1, 0.15) is 30.0 Å². The van der Waals surface area contributed by atoms with E-state index in [4.69, 9.17) is 4.74 Å². The summed E-state index contributed by atoms with van der Waals surface area (Å²) in [6, 6.07) is 14.9. The van der Waals surface area contributed by atoms with Gasteiger partial charge in [0.05, 0.1) is 13.5 Å². The van der Waals surface area contributed by atoms with Gasteiger partial charge in [0.25, 0.3) is 0 Å². The highest BCUT2D eigenvalue weighted by Crippen LogP contribution is 2.18. The summed E-state index contributed by atoms with van der Waals surface area (Å²) < 4.78 is 5.19. The maximum atomic E-state index is 13.1. The number of ether oxygens (including phenoxy) is 1. The predicted molar refractivity (Wildman–Crippen MR) is 107 cm³/mol. The predicted octanol–water partition coefficient (Wildman–Crippen LogP) is 3.10. The topological polar surface area (TPSA) is 58.6 Å². The number of amides is 2. The van der Waals surface area contributed by atoms with E-state index in [9.17, 15) is 9.59 Å². The van der Waals surface area contributed by atoms with Crippen LogP contribution in [0.2, 0.25) is 0 Å². The Bertz CT molecular complexity index is 771. The van der Waals surface area contributed by atoms with Crippen LogP contribution < -0.4 is 10.1 Å². The third-order valence-electron chi connectivity index (χ3n) is 4.75. The molecule has 5 heteroatoms. The quantitative estimate of drug-likeness (QED) is 0.779. The maximum Gasteiger partial charge on any atom is 0.242 e. The fourth-order valence-corrected chi connectivity index (χ4v) is 3.09. The van der Waals surface area contributed by atoms with Gasteiger partial charge in [-0.1, -0.05) is 43.3 Å². The zero-order valence-electron chi connectivity index (χ0n) is 16.5. The first-order valence-electron chi connectivity index (χ1n) is 9.18. The molecule has 2 aromatic carbocycles. The smallest absolute Gasteiger partial charge is 0.242 e. The molecule has 27 heavy (non-hydrogen) atoms. The Hall–Kier alpha value is -2.82. The van der Waals surface area contributed by atoms with Crippen molar-refractivity contribution in [2.45, 2.75) is 39.3 Å². The average Bonchev–Trinajstić information content (AvgIpc) is 2.69. The van der Waals surface area contributed by atoms with Gasteiger partial charge in [-0.05, 0) is 42.2 Å². The van der Waals surface area contributed by atoms with Crippen molar-refractivity contribution in [3.63, 3.8) is 0 Å². The first kappa shape index (κ1) is 20.5. The van der Waals surface area contributed by atoms with Crippen LogP contribution in [0, 0.1) is 6.92 Å². The van der Waals surface area contributed by atoms with Crippen molar-refractivity contribution in [3.8, 4) is 5.75 Å². The van der Waals surface area contributed by atoms with E-state index in [-0.39, 0.29) is 18.2 Å². The molecule has 0 saturated carbocycles. The van der Waals surface area contributed by atoms with Gasteiger partial charge in [-0.15, -0.1) is 0 Å². The van der Waals surface area contributed by atoms with E-state index in [1.54, 1.807) is 19.1 Å². The Morgan fingerprint density at radius 2 is 1.78 bits per heavy atom. The lowest BCUT2D eigenvalue weighted by Gasteiger charge is -2.30. The fraction of sp³-hybridized carbons (Fsp3) is 0.364. The number of likely N-dealkylation sites (N-methyl/N-ethyl adjacent to an activating group) is 1. The molecule has 0 aromatic heterocycles. The first-order valence-corrected chi connectivity index (χ1v) is 9.18. The van der Waals surface area contributed by atoms with Gasteiger partial charge in [0.15, 0.2) is 0 Å². The van der Waals surface area contributed by atoms with Gasteiger partial charge in [-0.25, -0.2) is 0 Å². The van der Waals surface area contributed by atoms with Crippen molar-refractivity contribution in [1.29, 1.82) is 0 Å². The minimum absolute atomic E-state index is 0.0597. The van der Waals surface area contributed by atoms with Gasteiger partial charge in [0, 0.05) is 13.6 Å². The normalized spacial score (nSPS) is 11.6. The van der Waals surface area contributed by atoms with E-state index in [0.717, 1.165) is 22.4 Å². The second-order valence-corrected chi connectivity index (χ2v) is 6.51. The summed E-state index contributed by atoms with van der Waals surface area (Å²) in [7, 11) is 3.22. The number of aryl methyl sites for hydroxylation is 1. The van der Waals surface area contributed by atoms with Crippen molar-refractivity contribution in [2.75, 3.05) is 14.2 Å². The van der Waals surface area contributed by atoms with E-state index >= 15 is 0 Å². The summed E-state index contributed by atoms with van der Waals surface area (Å²) in [5, 5.41) is 2.68. The molecular weight excluding hydrogens is 340 g/mol. The molecular formula is C22H28N2O3. The largest absolute Gasteiger partial charge is 0.497 e. The molecule has 1 N–H and O–H groups in total. The Morgan fingerprint density at radius 1 is 1.11 bits per heavy atom. The number of rotatable bonds is 8. The van der Waals surface area contributed by atoms with Crippen molar-refractivity contribution in [1.82, 2.24) is 10.2 Å². The van der Waals surface area contributed by atoms with Gasteiger partial charge in [-0.3, -0.25) is 9.59 Å². The van der Waals surface area contributed by atoms with Crippen LogP contribution in [0.15, 0.2) is 48.5 Å². The van der Waals surface area contributed by atoms with Crippen LogP contribution in [-0.4, -0.2) is 36.9 Å². The molecule has 1 atom stereocenters. The van der Waals surface area contributed by atoms with Crippen LogP contribution in [0.5, 0.6) is 5.75 Å². The van der Waals surface area contributed by atoms with E-state index in [1.165, 1.54) is 0 Å². The molecule has 144 valence electrons. The van der Waals surface area contributed by atoms with Crippen LogP contribution in [0.4, 0.5) is 0 Å². The highest BCUT2D eigenvalue weighted by atomic mass is 16.5. The Labute approximate surface area is 161 Å². The number of hydrogen-bond donors (Lipinski definition) is 1. The number of hydrogen-bond acceptors (Lipinski definition) is 3. The molecule has 0 spiro atoms. The van der Waals surface area contributed by atoms with Gasteiger partial charge >= 0.3 is 0 Å². The van der Waals surface area contributed by atoms with Gasteiger partial charge in [-0.2, -0.15) is 0 Å². The lowest BCUT2D eigenvalue weighted by Crippen LogP contribution is -2.48. The molecule has 5 nitrogen and oxygen atoms in total. The lowest BCUT2D eigenvalue weighted by molar-refractivity contribution is -0.140. The molecule has 0 aliphatic rings. The Kier molecular flexibility index (Phi) is 7.41. The number of nitrogens with one attached hydrogen (secondary N) is 1. The zero-order valence-corrected chi connectivity index (χ0v) is 16.5. The summed E-state index contributed by atoms with van der Waals surface area (Å²) in [4.78, 5) is 27.2. The third-order valence-corrected chi connectivity index (χ3v) is 4.75. The highest BCUT2D eigenvalue weighted by Gasteiger charge is 2.28. The molecule has 0 radical (unpaired) electrons. The standard InChI is InChI=1S/C22H28N2O3/c1-5-20(22(26)23-3)24(15-17-10-12-19(27-4)13-11-17)21(25)14-18-9-7-6-8-16(18)2/h6-13,20H,5,14-15H2,1-4H3,(H,23,26)/t20-/m1/s1. The SMILES string of the molecule is CC[C@H](C(=O)NC)N(Cc1ccc(OC)cc1)C(=O)Cc1ccccc1C. The highest BCUT2D eigenvalue weighted by molar-refractivity contribution is 5.88. The summed E-state index contributed by atoms with van der Waals surface area (Å²) in [5.74, 6) is 0.551. The Morgan fingerprint density at radius 3 is 2.33 bits per heavy atom. The molecule has 0 unspecified atom stereocenters. The van der Waals surface area contributed by atoms with Crippen LogP contribution in [0.25, 0.3) is 0 Å². The zero-order chi connectivity index (χ0) is 19.8. The van der Waals surface area contributed by atoms with Crippen LogP contribution in [-0.2, 0) is 22.6 Å². The van der Waals surface area contributed by atoms with E-state index in [1.807, 2.05) is 62.4 Å². The molecule has 2 aromatic rings. The minimum atomic E-state index is -0.506. The summed E-state index contributed by atoms with van der Waals surface area (Å²) in [6.07, 6.45) is 0.825. The van der Waals surface area contributed by atoms with Gasteiger partial charge < -0.3 is 15.0 Å². The summed E-state index contributed by atoms with van der Waals surface area (Å²) in [5.41, 5.74) is 3.01. The fourth-order valence-electron chi connectivity index (χ4n) is 3.09. The van der Waals surface area contributed by atoms with Crippen molar-refractivity contribution >= 4 is 11.8 Å². The number of benzene rings is 2. The van der Waals surface area contributed by atoms with Crippen molar-refractivity contribution < 1.29 is 14.3 Å². The summed E-state index contributed by atoms with van der Waals surface area (Å²) >= 11 is 0. The number of carbonyl (C=O) groups excluding carboxylic acids is 2. The van der Waals surface area contributed by atoms with Crippen molar-refractivity contribution in [2.24, 2.45) is 0 Å². The molecule has 0 heterocycles. The molecule has 0 saturated heterocycles.